The fourth-order valence-electron chi connectivity index (χ4n) is 5.76. The first-order valence-electron chi connectivity index (χ1n) is 15.2. The van der Waals surface area contributed by atoms with Gasteiger partial charge in [-0.25, -0.2) is 17.5 Å². The molecule has 1 aliphatic rings. The molecule has 3 heterocycles. The van der Waals surface area contributed by atoms with Crippen molar-refractivity contribution >= 4 is 32.7 Å². The van der Waals surface area contributed by atoms with Gasteiger partial charge in [0.25, 0.3) is 11.5 Å². The topological polar surface area (TPSA) is 156 Å². The lowest BCUT2D eigenvalue weighted by molar-refractivity contribution is 0.0685. The molecule has 1 aliphatic heterocycles. The van der Waals surface area contributed by atoms with Crippen LogP contribution in [0.2, 0.25) is 0 Å². The number of phenols is 1. The number of fused-ring (bicyclic) bond motifs is 3. The Morgan fingerprint density at radius 2 is 1.85 bits per heavy atom. The largest absolute Gasteiger partial charge is 0.508 e. The lowest BCUT2D eigenvalue weighted by atomic mass is 10.2. The number of carbonyl (C=O) groups is 1. The van der Waals surface area contributed by atoms with E-state index in [4.69, 9.17) is 9.47 Å². The molecule has 13 nitrogen and oxygen atoms in total. The van der Waals surface area contributed by atoms with E-state index >= 15 is 0 Å². The van der Waals surface area contributed by atoms with E-state index in [0.29, 0.717) is 24.2 Å². The molecule has 0 aliphatic carbocycles. The second kappa shape index (κ2) is 13.6. The van der Waals surface area contributed by atoms with Crippen LogP contribution in [0.1, 0.15) is 54.3 Å². The molecular weight excluding hydrogens is 633 g/mol. The monoisotopic (exact) mass is 671 g/mol. The number of nitrogens with zero attached hydrogens (tertiary/aromatic N) is 5. The van der Waals surface area contributed by atoms with Crippen LogP contribution in [0, 0.1) is 5.82 Å². The minimum Gasteiger partial charge on any atom is -0.508 e. The smallest absolute Gasteiger partial charge is 0.280 e. The third kappa shape index (κ3) is 6.49. The molecule has 0 unspecified atom stereocenters. The van der Waals surface area contributed by atoms with Crippen LogP contribution >= 0.6 is 0 Å². The van der Waals surface area contributed by atoms with E-state index in [-0.39, 0.29) is 90.0 Å². The van der Waals surface area contributed by atoms with Crippen molar-refractivity contribution in [1.82, 2.24) is 19.2 Å². The molecular formula is C32H38FN5O8S. The van der Waals surface area contributed by atoms with Gasteiger partial charge >= 0.3 is 0 Å². The van der Waals surface area contributed by atoms with Gasteiger partial charge in [-0.2, -0.15) is 0 Å². The number of benzene rings is 2. The van der Waals surface area contributed by atoms with Crippen molar-refractivity contribution in [3.8, 4) is 17.2 Å². The summed E-state index contributed by atoms with van der Waals surface area (Å²) < 4.78 is 56.8. The molecule has 0 saturated heterocycles. The van der Waals surface area contributed by atoms with Gasteiger partial charge in [0, 0.05) is 44.4 Å². The summed E-state index contributed by atoms with van der Waals surface area (Å²) in [5.41, 5.74) is 0.695. The highest BCUT2D eigenvalue weighted by Crippen LogP contribution is 2.41. The molecule has 1 atom stereocenters. The number of likely N-dealkylation sites (N-methyl/N-ethyl adjacent to an activating group) is 1. The maximum Gasteiger partial charge on any atom is 0.280 e. The zero-order valence-corrected chi connectivity index (χ0v) is 27.5. The number of carbonyl (C=O) groups excluding carboxylic acids is 1. The maximum absolute atomic E-state index is 14.4. The zero-order valence-electron chi connectivity index (χ0n) is 26.6. The number of aromatic hydroxyl groups is 1. The van der Waals surface area contributed by atoms with Gasteiger partial charge in [-0.1, -0.05) is 18.2 Å². The van der Waals surface area contributed by atoms with Crippen LogP contribution in [-0.2, 0) is 23.2 Å². The first kappa shape index (κ1) is 33.7. The number of amides is 1. The summed E-state index contributed by atoms with van der Waals surface area (Å²) in [4.78, 5) is 29.5. The lowest BCUT2D eigenvalue weighted by Gasteiger charge is -2.33. The van der Waals surface area contributed by atoms with Crippen LogP contribution in [0.3, 0.4) is 0 Å². The fourth-order valence-corrected chi connectivity index (χ4v) is 6.99. The number of anilines is 1. The quantitative estimate of drug-likeness (QED) is 0.204. The molecule has 15 heteroatoms. The van der Waals surface area contributed by atoms with Crippen LogP contribution in [-0.4, -0.2) is 83.4 Å². The van der Waals surface area contributed by atoms with E-state index in [2.05, 4.69) is 5.10 Å². The predicted molar refractivity (Wildman–Crippen MR) is 173 cm³/mol. The Hall–Kier alpha value is -4.63. The second-order valence-corrected chi connectivity index (χ2v) is 13.5. The number of hydrogen-bond acceptors (Lipinski definition) is 9. The zero-order chi connectivity index (χ0) is 34.0. The Balaban J connectivity index is 1.69. The Morgan fingerprint density at radius 3 is 2.51 bits per heavy atom. The summed E-state index contributed by atoms with van der Waals surface area (Å²) in [6, 6.07) is 9.78. The number of phenolic OH excluding ortho intramolecular Hbond substituents is 1. The van der Waals surface area contributed by atoms with Crippen molar-refractivity contribution in [2.24, 2.45) is 0 Å². The van der Waals surface area contributed by atoms with Crippen molar-refractivity contribution in [2.45, 2.75) is 45.9 Å². The van der Waals surface area contributed by atoms with Crippen molar-refractivity contribution in [3.63, 3.8) is 0 Å². The number of sulfonamides is 1. The van der Waals surface area contributed by atoms with Crippen LogP contribution in [0.4, 0.5) is 10.2 Å². The van der Waals surface area contributed by atoms with E-state index in [0.717, 1.165) is 8.99 Å². The van der Waals surface area contributed by atoms with Crippen molar-refractivity contribution < 1.29 is 37.3 Å². The fraction of sp³-hybridized carbons (Fsp3) is 0.406. The van der Waals surface area contributed by atoms with Gasteiger partial charge < -0.3 is 29.2 Å². The molecule has 0 saturated carbocycles. The molecule has 0 bridgehead atoms. The van der Waals surface area contributed by atoms with Gasteiger partial charge in [0.05, 0.1) is 19.4 Å². The number of aliphatic hydroxyl groups is 1. The number of halogens is 1. The normalized spacial score (nSPS) is 14.8. The van der Waals surface area contributed by atoms with Crippen molar-refractivity contribution in [3.05, 3.63) is 75.5 Å². The molecule has 0 spiro atoms. The lowest BCUT2D eigenvalue weighted by Crippen LogP contribution is -2.42. The summed E-state index contributed by atoms with van der Waals surface area (Å²) in [5, 5.41) is 23.4. The third-order valence-electron chi connectivity index (χ3n) is 8.24. The van der Waals surface area contributed by atoms with Gasteiger partial charge in [-0.05, 0) is 50.5 Å². The molecule has 0 fully saturated rings. The minimum atomic E-state index is -4.00. The number of aromatic nitrogens is 3. The molecule has 5 rings (SSSR count). The Bertz CT molecular complexity index is 1960. The van der Waals surface area contributed by atoms with Crippen LogP contribution in [0.15, 0.2) is 47.3 Å². The summed E-state index contributed by atoms with van der Waals surface area (Å²) >= 11 is 0. The van der Waals surface area contributed by atoms with E-state index in [9.17, 15) is 32.6 Å². The van der Waals surface area contributed by atoms with Crippen molar-refractivity contribution in [1.29, 1.82) is 0 Å². The maximum atomic E-state index is 14.4. The first-order chi connectivity index (χ1) is 22.4. The average molecular weight is 672 g/mol. The van der Waals surface area contributed by atoms with E-state index < -0.39 is 21.4 Å². The second-order valence-electron chi connectivity index (χ2n) is 11.4. The summed E-state index contributed by atoms with van der Waals surface area (Å²) in [5.74, 6) is -1.11. The Kier molecular flexibility index (Phi) is 9.77. The van der Waals surface area contributed by atoms with E-state index in [1.54, 1.807) is 21.6 Å². The highest BCUT2D eigenvalue weighted by molar-refractivity contribution is 7.92. The molecule has 47 heavy (non-hydrogen) atoms. The SMILES string of the molecule is CCN1C[C@H](C)n2c(c(OC)c3c(=O)n(Cc4ccc(F)cc4OCc4ccc(O)cc4)nc(N(C)S(=O)(=O)CCCCO)c32)C1=O. The molecule has 2 N–H and O–H groups in total. The molecule has 252 valence electrons. The molecule has 1 amide bonds. The number of methoxy groups -OCH3 is 1. The standard InChI is InChI=1S/C32H38FN5O8S/c1-5-36-17-20(2)38-27-26(29(45-4)28(38)32(36)42)31(41)37(34-30(27)35(3)47(43,44)15-7-6-14-39)18-22-10-11-23(33)16-25(22)46-19-21-8-12-24(40)13-9-21/h8-13,16,20,39-40H,5-7,14-15,17-19H2,1-4H3/t20-/m0/s1. The van der Waals surface area contributed by atoms with Gasteiger partial charge in [0.1, 0.15) is 34.8 Å². The number of aliphatic hydroxyl groups excluding tert-OH is 1. The van der Waals surface area contributed by atoms with Crippen LogP contribution in [0.25, 0.3) is 10.9 Å². The highest BCUT2D eigenvalue weighted by atomic mass is 32.2. The molecule has 0 radical (unpaired) electrons. The highest BCUT2D eigenvalue weighted by Gasteiger charge is 2.39. The van der Waals surface area contributed by atoms with Crippen LogP contribution < -0.4 is 19.3 Å². The van der Waals surface area contributed by atoms with E-state index in [1.807, 2.05) is 13.8 Å². The molecule has 2 aromatic carbocycles. The number of rotatable bonds is 13. The van der Waals surface area contributed by atoms with Gasteiger partial charge in [-0.3, -0.25) is 13.9 Å². The predicted octanol–water partition coefficient (Wildman–Crippen LogP) is 3.25. The Labute approximate surface area is 271 Å². The summed E-state index contributed by atoms with van der Waals surface area (Å²) in [6.45, 7) is 4.07. The van der Waals surface area contributed by atoms with E-state index in [1.165, 1.54) is 44.5 Å². The average Bonchev–Trinajstić information content (AvgIpc) is 3.41. The van der Waals surface area contributed by atoms with Gasteiger partial charge in [0.2, 0.25) is 10.0 Å². The summed E-state index contributed by atoms with van der Waals surface area (Å²) in [7, 11) is -1.33. The van der Waals surface area contributed by atoms with Crippen LogP contribution in [0.5, 0.6) is 17.2 Å². The molecule has 2 aromatic heterocycles. The first-order valence-corrected chi connectivity index (χ1v) is 16.8. The number of unbranched alkanes of at least 4 members (excludes halogenated alkanes) is 1. The third-order valence-corrected chi connectivity index (χ3v) is 10.1. The number of ether oxygens (including phenoxy) is 2. The van der Waals surface area contributed by atoms with Gasteiger partial charge in [0.15, 0.2) is 17.3 Å². The Morgan fingerprint density at radius 1 is 1.13 bits per heavy atom. The van der Waals surface area contributed by atoms with Gasteiger partial charge in [-0.15, -0.1) is 5.10 Å². The van der Waals surface area contributed by atoms with Crippen molar-refractivity contribution in [2.75, 3.05) is 43.9 Å². The number of hydrogen-bond donors (Lipinski definition) is 2. The minimum absolute atomic E-state index is 0.00592. The summed E-state index contributed by atoms with van der Waals surface area (Å²) in [6.07, 6.45) is 0.471. The molecule has 4 aromatic rings.